The van der Waals surface area contributed by atoms with Crippen LogP contribution in [0.25, 0.3) is 0 Å². The van der Waals surface area contributed by atoms with Crippen LogP contribution in [0.4, 0.5) is 5.69 Å². The molecule has 1 heterocycles. The second-order valence-corrected chi connectivity index (χ2v) is 6.40. The number of benzene rings is 2. The van der Waals surface area contributed by atoms with Crippen molar-refractivity contribution in [3.8, 4) is 0 Å². The molecular weight excluding hydrogens is 349 g/mol. The lowest BCUT2D eigenvalue weighted by Crippen LogP contribution is -2.38. The summed E-state index contributed by atoms with van der Waals surface area (Å²) in [6.07, 6.45) is 0.315. The summed E-state index contributed by atoms with van der Waals surface area (Å²) in [5, 5.41) is 3.48. The summed E-state index contributed by atoms with van der Waals surface area (Å²) in [6.45, 7) is 2.04. The highest BCUT2D eigenvalue weighted by atomic mass is 35.5. The molecule has 124 valence electrons. The first-order valence-electron chi connectivity index (χ1n) is 7.56. The van der Waals surface area contributed by atoms with E-state index >= 15 is 0 Å². The molecule has 3 rings (SSSR count). The number of esters is 1. The van der Waals surface area contributed by atoms with Crippen LogP contribution >= 0.6 is 23.2 Å². The Labute approximate surface area is 149 Å². The van der Waals surface area contributed by atoms with Crippen LogP contribution in [0.2, 0.25) is 10.0 Å². The summed E-state index contributed by atoms with van der Waals surface area (Å²) < 4.78 is 5.26. The van der Waals surface area contributed by atoms with Crippen molar-refractivity contribution in [2.24, 2.45) is 0 Å². The first-order valence-corrected chi connectivity index (χ1v) is 8.32. The first-order chi connectivity index (χ1) is 11.5. The number of carbonyl (C=O) groups is 2. The fourth-order valence-corrected chi connectivity index (χ4v) is 3.08. The summed E-state index contributed by atoms with van der Waals surface area (Å²) in [6, 6.07) is 10.4. The number of anilines is 1. The number of aryl methyl sites for hydroxylation is 1. The van der Waals surface area contributed by atoms with Crippen LogP contribution in [-0.4, -0.2) is 18.0 Å². The van der Waals surface area contributed by atoms with Gasteiger partial charge in [0, 0.05) is 11.4 Å². The molecule has 0 fully saturated rings. The monoisotopic (exact) mass is 363 g/mol. The first kappa shape index (κ1) is 16.8. The standard InChI is InChI=1S/C18H15Cl2NO3/c1-2-10-3-5-13-11(7-10)8-16(24-18(13)23)17(22)21-15-6-4-12(19)9-14(15)20/h3-7,9,16H,2,8H2,1H3,(H,21,22). The van der Waals surface area contributed by atoms with Gasteiger partial charge >= 0.3 is 5.97 Å². The largest absolute Gasteiger partial charge is 0.448 e. The Kier molecular flexibility index (Phi) is 4.78. The topological polar surface area (TPSA) is 55.4 Å². The predicted octanol–water partition coefficient (Wildman–Crippen LogP) is 4.28. The van der Waals surface area contributed by atoms with Gasteiger partial charge in [0.25, 0.3) is 5.91 Å². The molecule has 1 atom stereocenters. The zero-order valence-electron chi connectivity index (χ0n) is 12.9. The number of fused-ring (bicyclic) bond motifs is 1. The maximum atomic E-state index is 12.4. The van der Waals surface area contributed by atoms with E-state index in [-0.39, 0.29) is 0 Å². The molecule has 1 unspecified atom stereocenters. The van der Waals surface area contributed by atoms with Crippen molar-refractivity contribution in [1.29, 1.82) is 0 Å². The van der Waals surface area contributed by atoms with Crippen LogP contribution in [0.3, 0.4) is 0 Å². The molecule has 0 spiro atoms. The molecule has 0 bridgehead atoms. The summed E-state index contributed by atoms with van der Waals surface area (Å²) >= 11 is 11.9. The quantitative estimate of drug-likeness (QED) is 0.828. The summed E-state index contributed by atoms with van der Waals surface area (Å²) in [5.74, 6) is -0.901. The lowest BCUT2D eigenvalue weighted by atomic mass is 9.95. The van der Waals surface area contributed by atoms with E-state index in [1.54, 1.807) is 18.2 Å². The molecule has 0 radical (unpaired) electrons. The molecular formula is C18H15Cl2NO3. The predicted molar refractivity (Wildman–Crippen MR) is 93.8 cm³/mol. The van der Waals surface area contributed by atoms with Crippen molar-refractivity contribution in [3.63, 3.8) is 0 Å². The Morgan fingerprint density at radius 2 is 2.04 bits per heavy atom. The summed E-state index contributed by atoms with van der Waals surface area (Å²) in [5.41, 5.74) is 2.88. The lowest BCUT2D eigenvalue weighted by molar-refractivity contribution is -0.125. The number of carbonyl (C=O) groups excluding carboxylic acids is 2. The maximum Gasteiger partial charge on any atom is 0.339 e. The smallest absolute Gasteiger partial charge is 0.339 e. The molecule has 24 heavy (non-hydrogen) atoms. The second kappa shape index (κ2) is 6.83. The Bertz CT molecular complexity index is 820. The Balaban J connectivity index is 1.80. The van der Waals surface area contributed by atoms with E-state index in [0.717, 1.165) is 17.5 Å². The number of halogens is 2. The molecule has 4 nitrogen and oxygen atoms in total. The maximum absolute atomic E-state index is 12.4. The molecule has 1 N–H and O–H groups in total. The van der Waals surface area contributed by atoms with Gasteiger partial charge < -0.3 is 10.1 Å². The average Bonchev–Trinajstić information content (AvgIpc) is 2.56. The number of hydrogen-bond acceptors (Lipinski definition) is 3. The van der Waals surface area contributed by atoms with Crippen LogP contribution in [0.15, 0.2) is 36.4 Å². The molecule has 2 aromatic carbocycles. The fraction of sp³-hybridized carbons (Fsp3) is 0.222. The van der Waals surface area contributed by atoms with Crippen molar-refractivity contribution >= 4 is 40.8 Å². The third kappa shape index (κ3) is 3.40. The van der Waals surface area contributed by atoms with Gasteiger partial charge in [-0.15, -0.1) is 0 Å². The number of hydrogen-bond donors (Lipinski definition) is 1. The van der Waals surface area contributed by atoms with Crippen LogP contribution in [0.5, 0.6) is 0 Å². The molecule has 1 amide bonds. The van der Waals surface area contributed by atoms with Crippen LogP contribution in [-0.2, 0) is 22.4 Å². The van der Waals surface area contributed by atoms with Crippen molar-refractivity contribution in [3.05, 3.63) is 63.1 Å². The molecule has 1 aliphatic rings. The van der Waals surface area contributed by atoms with Gasteiger partial charge in [-0.25, -0.2) is 4.79 Å². The molecule has 6 heteroatoms. The number of amides is 1. The lowest BCUT2D eigenvalue weighted by Gasteiger charge is -2.24. The van der Waals surface area contributed by atoms with Crippen LogP contribution in [0.1, 0.15) is 28.4 Å². The minimum atomic E-state index is -0.885. The molecule has 2 aromatic rings. The minimum absolute atomic E-state index is 0.326. The normalized spacial score (nSPS) is 16.3. The highest BCUT2D eigenvalue weighted by Crippen LogP contribution is 2.27. The van der Waals surface area contributed by atoms with E-state index in [9.17, 15) is 9.59 Å². The fourth-order valence-electron chi connectivity index (χ4n) is 2.62. The van der Waals surface area contributed by atoms with Crippen molar-refractivity contribution < 1.29 is 14.3 Å². The van der Waals surface area contributed by atoms with Gasteiger partial charge in [-0.1, -0.05) is 42.3 Å². The van der Waals surface area contributed by atoms with Crippen LogP contribution < -0.4 is 5.32 Å². The SMILES string of the molecule is CCc1ccc2c(c1)CC(C(=O)Nc1ccc(Cl)cc1Cl)OC2=O. The molecule has 0 aromatic heterocycles. The van der Waals surface area contributed by atoms with Crippen molar-refractivity contribution in [2.75, 3.05) is 5.32 Å². The van der Waals surface area contributed by atoms with Crippen molar-refractivity contribution in [1.82, 2.24) is 0 Å². The minimum Gasteiger partial charge on any atom is -0.448 e. The highest BCUT2D eigenvalue weighted by molar-refractivity contribution is 6.36. The van der Waals surface area contributed by atoms with Gasteiger partial charge in [-0.2, -0.15) is 0 Å². The van der Waals surface area contributed by atoms with E-state index in [1.165, 1.54) is 6.07 Å². The van der Waals surface area contributed by atoms with E-state index in [4.69, 9.17) is 27.9 Å². The Morgan fingerprint density at radius 1 is 1.25 bits per heavy atom. The number of nitrogens with one attached hydrogen (secondary N) is 1. The molecule has 0 saturated carbocycles. The average molecular weight is 364 g/mol. The summed E-state index contributed by atoms with van der Waals surface area (Å²) in [7, 11) is 0. The molecule has 0 saturated heterocycles. The van der Waals surface area contributed by atoms with E-state index in [0.29, 0.717) is 27.7 Å². The molecule has 0 aliphatic carbocycles. The zero-order chi connectivity index (χ0) is 17.3. The van der Waals surface area contributed by atoms with Gasteiger partial charge in [-0.05, 0) is 41.8 Å². The van der Waals surface area contributed by atoms with Gasteiger partial charge in [0.2, 0.25) is 0 Å². The highest BCUT2D eigenvalue weighted by Gasteiger charge is 2.31. The van der Waals surface area contributed by atoms with Crippen LogP contribution in [0, 0.1) is 0 Å². The number of rotatable bonds is 3. The van der Waals surface area contributed by atoms with Gasteiger partial charge in [-0.3, -0.25) is 4.79 Å². The number of ether oxygens (including phenoxy) is 1. The van der Waals surface area contributed by atoms with Gasteiger partial charge in [0.1, 0.15) is 0 Å². The summed E-state index contributed by atoms with van der Waals surface area (Å²) in [4.78, 5) is 24.6. The zero-order valence-corrected chi connectivity index (χ0v) is 14.4. The van der Waals surface area contributed by atoms with E-state index < -0.39 is 18.0 Å². The number of cyclic esters (lactones) is 1. The second-order valence-electron chi connectivity index (χ2n) is 5.56. The molecule has 1 aliphatic heterocycles. The Hall–Kier alpha value is -2.04. The van der Waals surface area contributed by atoms with E-state index in [1.807, 2.05) is 19.1 Å². The van der Waals surface area contributed by atoms with E-state index in [2.05, 4.69) is 5.32 Å². The third-order valence-electron chi connectivity index (χ3n) is 3.93. The Morgan fingerprint density at radius 3 is 2.75 bits per heavy atom. The van der Waals surface area contributed by atoms with Gasteiger partial charge in [0.15, 0.2) is 6.10 Å². The third-order valence-corrected chi connectivity index (χ3v) is 4.48. The van der Waals surface area contributed by atoms with Gasteiger partial charge in [0.05, 0.1) is 16.3 Å². The van der Waals surface area contributed by atoms with Crippen molar-refractivity contribution in [2.45, 2.75) is 25.9 Å².